The second-order valence-electron chi connectivity index (χ2n) is 2.91. The first kappa shape index (κ1) is 9.88. The Morgan fingerprint density at radius 2 is 1.75 bits per heavy atom. The molecule has 0 saturated carbocycles. The average molecular weight is 178 g/mol. The van der Waals surface area contributed by atoms with Gasteiger partial charge in [-0.05, 0) is 6.92 Å². The molecule has 1 heterocycles. The molecule has 0 radical (unpaired) electrons. The molecule has 0 aromatic carbocycles. The Morgan fingerprint density at radius 1 is 1.17 bits per heavy atom. The van der Waals surface area contributed by atoms with Crippen LogP contribution < -0.4 is 0 Å². The molecular weight excluding hydrogens is 164 g/mol. The third kappa shape index (κ3) is 1.60. The standard InChI is InChI=1S/C7H14O5/c1-3-4(8)5(9)6(11-2)7(10)12-3/h3-10H,1-2H3/t3-,4-,5-,6-,7?/m1/s1. The van der Waals surface area contributed by atoms with E-state index < -0.39 is 30.7 Å². The molecule has 0 aromatic rings. The van der Waals surface area contributed by atoms with Crippen LogP contribution in [0.2, 0.25) is 0 Å². The number of hydrogen-bond acceptors (Lipinski definition) is 5. The predicted molar refractivity (Wildman–Crippen MR) is 39.4 cm³/mol. The van der Waals surface area contributed by atoms with Crippen LogP contribution in [0.5, 0.6) is 0 Å². The molecule has 1 aliphatic heterocycles. The highest BCUT2D eigenvalue weighted by Gasteiger charge is 2.41. The lowest BCUT2D eigenvalue weighted by molar-refractivity contribution is -0.283. The topological polar surface area (TPSA) is 79.2 Å². The van der Waals surface area contributed by atoms with Gasteiger partial charge in [0.15, 0.2) is 6.29 Å². The van der Waals surface area contributed by atoms with E-state index in [4.69, 9.17) is 9.47 Å². The third-order valence-electron chi connectivity index (χ3n) is 2.07. The van der Waals surface area contributed by atoms with Crippen molar-refractivity contribution >= 4 is 0 Å². The highest BCUT2D eigenvalue weighted by atomic mass is 16.7. The summed E-state index contributed by atoms with van der Waals surface area (Å²) in [6.07, 6.45) is -4.76. The van der Waals surface area contributed by atoms with Crippen molar-refractivity contribution < 1.29 is 24.8 Å². The Balaban J connectivity index is 2.65. The highest BCUT2D eigenvalue weighted by Crippen LogP contribution is 2.20. The van der Waals surface area contributed by atoms with Gasteiger partial charge in [-0.3, -0.25) is 0 Å². The lowest BCUT2D eigenvalue weighted by Crippen LogP contribution is -2.57. The summed E-state index contributed by atoms with van der Waals surface area (Å²) in [4.78, 5) is 0. The highest BCUT2D eigenvalue weighted by molar-refractivity contribution is 4.87. The van der Waals surface area contributed by atoms with Crippen LogP contribution in [0.25, 0.3) is 0 Å². The summed E-state index contributed by atoms with van der Waals surface area (Å²) >= 11 is 0. The fraction of sp³-hybridized carbons (Fsp3) is 1.00. The summed E-state index contributed by atoms with van der Waals surface area (Å²) in [5.74, 6) is 0. The van der Waals surface area contributed by atoms with E-state index in [1.807, 2.05) is 0 Å². The van der Waals surface area contributed by atoms with E-state index in [1.54, 1.807) is 6.92 Å². The van der Waals surface area contributed by atoms with Crippen molar-refractivity contribution in [2.75, 3.05) is 7.11 Å². The molecule has 5 heteroatoms. The maximum Gasteiger partial charge on any atom is 0.184 e. The van der Waals surface area contributed by atoms with E-state index in [2.05, 4.69) is 0 Å². The first-order valence-corrected chi connectivity index (χ1v) is 3.80. The van der Waals surface area contributed by atoms with Crippen molar-refractivity contribution in [3.63, 3.8) is 0 Å². The zero-order valence-electron chi connectivity index (χ0n) is 7.04. The van der Waals surface area contributed by atoms with Crippen LogP contribution in [0.4, 0.5) is 0 Å². The average Bonchev–Trinajstić information content (AvgIpc) is 2.01. The van der Waals surface area contributed by atoms with E-state index in [-0.39, 0.29) is 0 Å². The molecule has 0 bridgehead atoms. The number of aliphatic hydroxyl groups excluding tert-OH is 3. The van der Waals surface area contributed by atoms with Gasteiger partial charge in [0, 0.05) is 7.11 Å². The molecular formula is C7H14O5. The fourth-order valence-electron chi connectivity index (χ4n) is 1.27. The van der Waals surface area contributed by atoms with Crippen LogP contribution >= 0.6 is 0 Å². The maximum atomic E-state index is 9.36. The number of aliphatic hydroxyl groups is 3. The van der Waals surface area contributed by atoms with Gasteiger partial charge in [0.1, 0.15) is 18.3 Å². The first-order chi connectivity index (χ1) is 5.57. The van der Waals surface area contributed by atoms with Gasteiger partial charge in [0.2, 0.25) is 0 Å². The second kappa shape index (κ2) is 3.68. The van der Waals surface area contributed by atoms with Gasteiger partial charge >= 0.3 is 0 Å². The monoisotopic (exact) mass is 178 g/mol. The van der Waals surface area contributed by atoms with Crippen LogP contribution in [-0.4, -0.2) is 53.1 Å². The quantitative estimate of drug-likeness (QED) is 0.453. The van der Waals surface area contributed by atoms with Gasteiger partial charge < -0.3 is 24.8 Å². The number of hydrogen-bond donors (Lipinski definition) is 3. The molecule has 1 fully saturated rings. The van der Waals surface area contributed by atoms with Crippen LogP contribution in [-0.2, 0) is 9.47 Å². The van der Waals surface area contributed by atoms with Gasteiger partial charge in [0.25, 0.3) is 0 Å². The van der Waals surface area contributed by atoms with Gasteiger partial charge in [-0.1, -0.05) is 0 Å². The zero-order valence-corrected chi connectivity index (χ0v) is 7.04. The number of methoxy groups -OCH3 is 1. The molecule has 5 atom stereocenters. The minimum atomic E-state index is -1.18. The molecule has 72 valence electrons. The van der Waals surface area contributed by atoms with E-state index in [0.717, 1.165) is 0 Å². The van der Waals surface area contributed by atoms with Crippen molar-refractivity contribution in [2.45, 2.75) is 37.6 Å². The Morgan fingerprint density at radius 3 is 2.25 bits per heavy atom. The molecule has 5 nitrogen and oxygen atoms in total. The number of rotatable bonds is 1. The lowest BCUT2D eigenvalue weighted by atomic mass is 10.00. The van der Waals surface area contributed by atoms with Crippen molar-refractivity contribution in [3.05, 3.63) is 0 Å². The van der Waals surface area contributed by atoms with Crippen LogP contribution in [0.3, 0.4) is 0 Å². The summed E-state index contributed by atoms with van der Waals surface area (Å²) in [5.41, 5.74) is 0. The van der Waals surface area contributed by atoms with Gasteiger partial charge in [-0.25, -0.2) is 0 Å². The first-order valence-electron chi connectivity index (χ1n) is 3.80. The molecule has 1 saturated heterocycles. The maximum absolute atomic E-state index is 9.36. The molecule has 0 amide bonds. The Hall–Kier alpha value is -0.200. The van der Waals surface area contributed by atoms with E-state index in [1.165, 1.54) is 7.11 Å². The summed E-state index contributed by atoms with van der Waals surface area (Å²) in [6, 6.07) is 0. The predicted octanol–water partition coefficient (Wildman–Crippen LogP) is -1.54. The SMILES string of the molecule is CO[C@H]1C(O)O[C@H](C)[C@@H](O)[C@H]1O. The van der Waals surface area contributed by atoms with Crippen molar-refractivity contribution in [1.29, 1.82) is 0 Å². The summed E-state index contributed by atoms with van der Waals surface area (Å²) in [6.45, 7) is 1.57. The number of ether oxygens (including phenoxy) is 2. The third-order valence-corrected chi connectivity index (χ3v) is 2.07. The Bertz CT molecular complexity index is 151. The lowest BCUT2D eigenvalue weighted by Gasteiger charge is -2.38. The zero-order chi connectivity index (χ0) is 9.30. The second-order valence-corrected chi connectivity index (χ2v) is 2.91. The molecule has 0 aliphatic carbocycles. The molecule has 1 rings (SSSR count). The Labute approximate surface area is 70.5 Å². The fourth-order valence-corrected chi connectivity index (χ4v) is 1.27. The van der Waals surface area contributed by atoms with Crippen molar-refractivity contribution in [3.8, 4) is 0 Å². The largest absolute Gasteiger partial charge is 0.388 e. The normalized spacial score (nSPS) is 49.2. The molecule has 1 aliphatic rings. The molecule has 1 unspecified atom stereocenters. The van der Waals surface area contributed by atoms with Crippen LogP contribution in [0, 0.1) is 0 Å². The van der Waals surface area contributed by atoms with Gasteiger partial charge in [-0.2, -0.15) is 0 Å². The van der Waals surface area contributed by atoms with Crippen LogP contribution in [0.15, 0.2) is 0 Å². The summed E-state index contributed by atoms with van der Waals surface area (Å²) in [7, 11) is 1.34. The Kier molecular flexibility index (Phi) is 3.03. The summed E-state index contributed by atoms with van der Waals surface area (Å²) in [5, 5.41) is 27.9. The summed E-state index contributed by atoms with van der Waals surface area (Å²) < 4.78 is 9.64. The molecule has 0 spiro atoms. The molecule has 12 heavy (non-hydrogen) atoms. The van der Waals surface area contributed by atoms with E-state index >= 15 is 0 Å². The van der Waals surface area contributed by atoms with Crippen molar-refractivity contribution in [2.24, 2.45) is 0 Å². The van der Waals surface area contributed by atoms with Crippen molar-refractivity contribution in [1.82, 2.24) is 0 Å². The van der Waals surface area contributed by atoms with Crippen LogP contribution in [0.1, 0.15) is 6.92 Å². The van der Waals surface area contributed by atoms with E-state index in [9.17, 15) is 15.3 Å². The minimum Gasteiger partial charge on any atom is -0.388 e. The molecule has 3 N–H and O–H groups in total. The van der Waals surface area contributed by atoms with E-state index in [0.29, 0.717) is 0 Å². The molecule has 0 aromatic heterocycles. The van der Waals surface area contributed by atoms with Gasteiger partial charge in [0.05, 0.1) is 6.10 Å². The smallest absolute Gasteiger partial charge is 0.184 e. The minimum absolute atomic E-state index is 0.582. The van der Waals surface area contributed by atoms with Gasteiger partial charge in [-0.15, -0.1) is 0 Å².